The predicted molar refractivity (Wildman–Crippen MR) is 110 cm³/mol. The zero-order chi connectivity index (χ0) is 19.9. The number of benzene rings is 1. The fourth-order valence-corrected chi connectivity index (χ4v) is 4.13. The average molecular weight is 402 g/mol. The standard InChI is InChI=1S/C21H27N3O3S/c1-15-23-17(14-28-15)11-12-22-21(26)19-4-3-13-24(19)20(25)10-7-16-5-8-18(27-2)9-6-16/h5-6,8-9,14,19H,3-4,7,10-13H2,1-2H3,(H,22,26). The van der Waals surface area contributed by atoms with Crippen LogP contribution in [0, 0.1) is 6.92 Å². The molecule has 0 aliphatic carbocycles. The van der Waals surface area contributed by atoms with Gasteiger partial charge in [0, 0.05) is 31.3 Å². The Morgan fingerprint density at radius 1 is 1.29 bits per heavy atom. The molecule has 0 saturated carbocycles. The Morgan fingerprint density at radius 2 is 2.07 bits per heavy atom. The molecule has 0 spiro atoms. The number of likely N-dealkylation sites (tertiary alicyclic amines) is 1. The zero-order valence-electron chi connectivity index (χ0n) is 16.4. The van der Waals surface area contributed by atoms with E-state index >= 15 is 0 Å². The Morgan fingerprint density at radius 3 is 2.75 bits per heavy atom. The molecule has 6 nitrogen and oxygen atoms in total. The number of carbonyl (C=O) groups excluding carboxylic acids is 2. The smallest absolute Gasteiger partial charge is 0.242 e. The highest BCUT2D eigenvalue weighted by molar-refractivity contribution is 7.09. The highest BCUT2D eigenvalue weighted by Gasteiger charge is 2.33. The van der Waals surface area contributed by atoms with E-state index < -0.39 is 0 Å². The molecule has 2 heterocycles. The van der Waals surface area contributed by atoms with Crippen molar-refractivity contribution in [2.45, 2.75) is 45.1 Å². The molecular formula is C21H27N3O3S. The van der Waals surface area contributed by atoms with Crippen LogP contribution in [0.15, 0.2) is 29.6 Å². The summed E-state index contributed by atoms with van der Waals surface area (Å²) in [7, 11) is 1.63. The summed E-state index contributed by atoms with van der Waals surface area (Å²) < 4.78 is 5.16. The van der Waals surface area contributed by atoms with Crippen LogP contribution in [0.3, 0.4) is 0 Å². The van der Waals surface area contributed by atoms with Crippen molar-refractivity contribution in [1.29, 1.82) is 0 Å². The summed E-state index contributed by atoms with van der Waals surface area (Å²) in [5, 5.41) is 6.02. The van der Waals surface area contributed by atoms with Crippen LogP contribution in [-0.4, -0.2) is 47.9 Å². The topological polar surface area (TPSA) is 71.5 Å². The monoisotopic (exact) mass is 401 g/mol. The summed E-state index contributed by atoms with van der Waals surface area (Å²) in [6.07, 6.45) is 3.40. The molecule has 2 aromatic rings. The van der Waals surface area contributed by atoms with E-state index in [1.165, 1.54) is 0 Å². The van der Waals surface area contributed by atoms with Gasteiger partial charge >= 0.3 is 0 Å². The van der Waals surface area contributed by atoms with Crippen molar-refractivity contribution < 1.29 is 14.3 Å². The summed E-state index contributed by atoms with van der Waals surface area (Å²) >= 11 is 1.61. The minimum atomic E-state index is -0.347. The quantitative estimate of drug-likeness (QED) is 0.738. The van der Waals surface area contributed by atoms with Crippen LogP contribution in [0.2, 0.25) is 0 Å². The first-order valence-corrected chi connectivity index (χ1v) is 10.6. The van der Waals surface area contributed by atoms with E-state index in [0.29, 0.717) is 32.4 Å². The lowest BCUT2D eigenvalue weighted by molar-refractivity contribution is -0.138. The van der Waals surface area contributed by atoms with Crippen LogP contribution in [0.4, 0.5) is 0 Å². The molecule has 2 amide bonds. The zero-order valence-corrected chi connectivity index (χ0v) is 17.3. The first-order chi connectivity index (χ1) is 13.6. The van der Waals surface area contributed by atoms with Crippen LogP contribution < -0.4 is 10.1 Å². The number of aryl methyl sites for hydroxylation is 2. The number of nitrogens with one attached hydrogen (secondary N) is 1. The Bertz CT molecular complexity index is 803. The Kier molecular flexibility index (Phi) is 7.03. The molecule has 3 rings (SSSR count). The molecule has 7 heteroatoms. The molecule has 1 aliphatic rings. The van der Waals surface area contributed by atoms with Gasteiger partial charge < -0.3 is 15.0 Å². The third-order valence-corrected chi connectivity index (χ3v) is 5.83. The molecule has 0 bridgehead atoms. The lowest BCUT2D eigenvalue weighted by Gasteiger charge is -2.24. The normalized spacial score (nSPS) is 16.2. The van der Waals surface area contributed by atoms with Gasteiger partial charge in [0.05, 0.1) is 17.8 Å². The minimum Gasteiger partial charge on any atom is -0.497 e. The largest absolute Gasteiger partial charge is 0.497 e. The highest BCUT2D eigenvalue weighted by atomic mass is 32.1. The highest BCUT2D eigenvalue weighted by Crippen LogP contribution is 2.20. The molecule has 1 saturated heterocycles. The molecule has 1 aromatic heterocycles. The van der Waals surface area contributed by atoms with Crippen molar-refractivity contribution in [3.8, 4) is 5.75 Å². The van der Waals surface area contributed by atoms with Crippen LogP contribution in [0.1, 0.15) is 35.5 Å². The van der Waals surface area contributed by atoms with E-state index in [4.69, 9.17) is 4.74 Å². The number of amides is 2. The lowest BCUT2D eigenvalue weighted by Crippen LogP contribution is -2.46. The molecule has 1 atom stereocenters. The van der Waals surface area contributed by atoms with Crippen molar-refractivity contribution in [2.75, 3.05) is 20.2 Å². The lowest BCUT2D eigenvalue weighted by atomic mass is 10.1. The van der Waals surface area contributed by atoms with Crippen molar-refractivity contribution in [3.63, 3.8) is 0 Å². The predicted octanol–water partition coefficient (Wildman–Crippen LogP) is 2.74. The molecule has 1 unspecified atom stereocenters. The second-order valence-corrected chi connectivity index (χ2v) is 8.05. The van der Waals surface area contributed by atoms with Crippen molar-refractivity contribution in [2.24, 2.45) is 0 Å². The maximum Gasteiger partial charge on any atom is 0.242 e. The van der Waals surface area contributed by atoms with Gasteiger partial charge in [0.2, 0.25) is 11.8 Å². The second kappa shape index (κ2) is 9.68. The van der Waals surface area contributed by atoms with Gasteiger partial charge in [-0.2, -0.15) is 0 Å². The number of thiazole rings is 1. The molecule has 0 radical (unpaired) electrons. The number of rotatable bonds is 8. The first-order valence-electron chi connectivity index (χ1n) is 9.68. The van der Waals surface area contributed by atoms with Crippen LogP contribution >= 0.6 is 11.3 Å². The number of ether oxygens (including phenoxy) is 1. The van der Waals surface area contributed by atoms with Crippen molar-refractivity contribution in [1.82, 2.24) is 15.2 Å². The van der Waals surface area contributed by atoms with E-state index in [-0.39, 0.29) is 17.9 Å². The Hall–Kier alpha value is -2.41. The summed E-state index contributed by atoms with van der Waals surface area (Å²) in [5.41, 5.74) is 2.09. The van der Waals surface area contributed by atoms with Gasteiger partial charge in [0.25, 0.3) is 0 Å². The van der Waals surface area contributed by atoms with Gasteiger partial charge in [0.15, 0.2) is 0 Å². The summed E-state index contributed by atoms with van der Waals surface area (Å²) in [6.45, 7) is 3.18. The van der Waals surface area contributed by atoms with Crippen molar-refractivity contribution >= 4 is 23.2 Å². The van der Waals surface area contributed by atoms with Crippen LogP contribution in [0.25, 0.3) is 0 Å². The number of methoxy groups -OCH3 is 1. The Balaban J connectivity index is 1.46. The number of hydrogen-bond donors (Lipinski definition) is 1. The van der Waals surface area contributed by atoms with E-state index in [1.807, 2.05) is 36.6 Å². The number of aromatic nitrogens is 1. The van der Waals surface area contributed by atoms with Gasteiger partial charge in [-0.25, -0.2) is 4.98 Å². The van der Waals surface area contributed by atoms with Crippen LogP contribution in [0.5, 0.6) is 5.75 Å². The number of hydrogen-bond acceptors (Lipinski definition) is 5. The molecule has 1 N–H and O–H groups in total. The molecule has 1 fully saturated rings. The SMILES string of the molecule is COc1ccc(CCC(=O)N2CCCC2C(=O)NCCc2csc(C)n2)cc1. The maximum atomic E-state index is 12.7. The molecule has 150 valence electrons. The van der Waals surface area contributed by atoms with Gasteiger partial charge in [-0.3, -0.25) is 9.59 Å². The maximum absolute atomic E-state index is 12.7. The fraction of sp³-hybridized carbons (Fsp3) is 0.476. The molecule has 28 heavy (non-hydrogen) atoms. The molecular weight excluding hydrogens is 374 g/mol. The average Bonchev–Trinajstić information content (AvgIpc) is 3.35. The second-order valence-electron chi connectivity index (χ2n) is 6.99. The van der Waals surface area contributed by atoms with Gasteiger partial charge in [-0.1, -0.05) is 12.1 Å². The third-order valence-electron chi connectivity index (χ3n) is 5.01. The Labute approximate surface area is 169 Å². The van der Waals surface area contributed by atoms with E-state index in [9.17, 15) is 9.59 Å². The molecule has 1 aliphatic heterocycles. The van der Waals surface area contributed by atoms with E-state index in [1.54, 1.807) is 23.3 Å². The third kappa shape index (κ3) is 5.32. The van der Waals surface area contributed by atoms with Gasteiger partial charge in [-0.15, -0.1) is 11.3 Å². The van der Waals surface area contributed by atoms with E-state index in [0.717, 1.165) is 34.9 Å². The minimum absolute atomic E-state index is 0.0450. The first kappa shape index (κ1) is 20.3. The van der Waals surface area contributed by atoms with Crippen LogP contribution in [-0.2, 0) is 22.4 Å². The van der Waals surface area contributed by atoms with Crippen molar-refractivity contribution in [3.05, 3.63) is 45.9 Å². The number of carbonyl (C=O) groups is 2. The van der Waals surface area contributed by atoms with E-state index in [2.05, 4.69) is 10.3 Å². The van der Waals surface area contributed by atoms with Gasteiger partial charge in [-0.05, 0) is 43.9 Å². The summed E-state index contributed by atoms with van der Waals surface area (Å²) in [6, 6.07) is 7.40. The summed E-state index contributed by atoms with van der Waals surface area (Å²) in [5.74, 6) is 0.796. The molecule has 1 aromatic carbocycles. The fourth-order valence-electron chi connectivity index (χ4n) is 3.48. The summed E-state index contributed by atoms with van der Waals surface area (Å²) in [4.78, 5) is 31.4. The number of nitrogens with zero attached hydrogens (tertiary/aromatic N) is 2. The van der Waals surface area contributed by atoms with Gasteiger partial charge in [0.1, 0.15) is 11.8 Å².